The van der Waals surface area contributed by atoms with Crippen LogP contribution in [0.4, 0.5) is 0 Å². The Labute approximate surface area is 193 Å². The van der Waals surface area contributed by atoms with Gasteiger partial charge in [0.05, 0.1) is 39.5 Å². The summed E-state index contributed by atoms with van der Waals surface area (Å²) in [6, 6.07) is 0. The van der Waals surface area contributed by atoms with Crippen molar-refractivity contribution in [2.24, 2.45) is 0 Å². The van der Waals surface area contributed by atoms with Crippen molar-refractivity contribution in [1.29, 1.82) is 0 Å². The molecule has 4 heterocycles. The molecule has 0 bridgehead atoms. The van der Waals surface area contributed by atoms with E-state index in [2.05, 4.69) is 6.92 Å². The normalized spacial score (nSPS) is 37.2. The maximum atomic E-state index is 6.24. The Balaban J connectivity index is 1.27. The lowest BCUT2D eigenvalue weighted by Gasteiger charge is -2.41. The van der Waals surface area contributed by atoms with Crippen molar-refractivity contribution in [1.82, 2.24) is 0 Å². The summed E-state index contributed by atoms with van der Waals surface area (Å²) in [5, 5.41) is 0. The summed E-state index contributed by atoms with van der Waals surface area (Å²) in [7, 11) is 0. The predicted octanol–water partition coefficient (Wildman–Crippen LogP) is 2.83. The molecular weight excluding hydrogens is 414 g/mol. The number of hydrogen-bond acceptors (Lipinski definition) is 7. The zero-order valence-electron chi connectivity index (χ0n) is 20.7. The van der Waals surface area contributed by atoms with Crippen LogP contribution in [0, 0.1) is 0 Å². The maximum absolute atomic E-state index is 6.24. The van der Waals surface area contributed by atoms with Crippen molar-refractivity contribution in [3.05, 3.63) is 0 Å². The van der Waals surface area contributed by atoms with Crippen LogP contribution in [-0.2, 0) is 33.2 Å². The van der Waals surface area contributed by atoms with E-state index in [0.29, 0.717) is 13.2 Å². The van der Waals surface area contributed by atoms with Crippen molar-refractivity contribution >= 4 is 0 Å². The van der Waals surface area contributed by atoms with Gasteiger partial charge in [0, 0.05) is 6.42 Å². The Morgan fingerprint density at radius 3 is 2.22 bits per heavy atom. The Morgan fingerprint density at radius 2 is 1.47 bits per heavy atom. The minimum Gasteiger partial charge on any atom is -0.378 e. The SMILES string of the molecule is CCCCC[N+]1(CCCOCC2OC3OC(C)(C)OC3C3OC(C)(C)OC23)CCOCC1. The summed E-state index contributed by atoms with van der Waals surface area (Å²) in [6.07, 6.45) is 3.47. The first-order valence-electron chi connectivity index (χ1n) is 12.6. The molecule has 0 saturated carbocycles. The Morgan fingerprint density at radius 1 is 0.812 bits per heavy atom. The fourth-order valence-electron chi connectivity index (χ4n) is 5.52. The lowest BCUT2D eigenvalue weighted by molar-refractivity contribution is -0.935. The fourth-order valence-corrected chi connectivity index (χ4v) is 5.52. The van der Waals surface area contributed by atoms with E-state index < -0.39 is 17.9 Å². The minimum absolute atomic E-state index is 0.222. The van der Waals surface area contributed by atoms with Gasteiger partial charge < -0.3 is 37.6 Å². The fraction of sp³-hybridized carbons (Fsp3) is 1.00. The Kier molecular flexibility index (Phi) is 7.84. The zero-order chi connectivity index (χ0) is 22.8. The van der Waals surface area contributed by atoms with Crippen molar-refractivity contribution in [3.8, 4) is 0 Å². The molecule has 186 valence electrons. The van der Waals surface area contributed by atoms with Gasteiger partial charge in [-0.2, -0.15) is 0 Å². The van der Waals surface area contributed by atoms with E-state index in [4.69, 9.17) is 33.2 Å². The number of morpholine rings is 1. The van der Waals surface area contributed by atoms with E-state index in [9.17, 15) is 0 Å². The molecule has 0 aromatic heterocycles. The van der Waals surface area contributed by atoms with Crippen LogP contribution >= 0.6 is 0 Å². The second-order valence-electron chi connectivity index (χ2n) is 10.7. The summed E-state index contributed by atoms with van der Waals surface area (Å²) in [4.78, 5) is 0. The summed E-state index contributed by atoms with van der Waals surface area (Å²) in [6.45, 7) is 17.5. The average molecular weight is 459 g/mol. The number of unbranched alkanes of at least 4 members (excludes halogenated alkanes) is 2. The van der Waals surface area contributed by atoms with Gasteiger partial charge in [0.25, 0.3) is 0 Å². The van der Waals surface area contributed by atoms with Crippen molar-refractivity contribution in [2.75, 3.05) is 52.6 Å². The van der Waals surface area contributed by atoms with Crippen LogP contribution in [0.5, 0.6) is 0 Å². The van der Waals surface area contributed by atoms with Gasteiger partial charge in [-0.25, -0.2) is 0 Å². The molecule has 8 nitrogen and oxygen atoms in total. The number of fused-ring (bicyclic) bond motifs is 3. The lowest BCUT2D eigenvalue weighted by atomic mass is 9.99. The van der Waals surface area contributed by atoms with Crippen LogP contribution in [0.3, 0.4) is 0 Å². The first-order chi connectivity index (χ1) is 15.2. The zero-order valence-corrected chi connectivity index (χ0v) is 20.7. The third-order valence-electron chi connectivity index (χ3n) is 7.11. The van der Waals surface area contributed by atoms with E-state index in [1.54, 1.807) is 0 Å². The molecule has 32 heavy (non-hydrogen) atoms. The van der Waals surface area contributed by atoms with E-state index in [0.717, 1.165) is 39.3 Å². The van der Waals surface area contributed by atoms with Crippen molar-refractivity contribution in [3.63, 3.8) is 0 Å². The highest BCUT2D eigenvalue weighted by molar-refractivity contribution is 5.00. The van der Waals surface area contributed by atoms with Crippen LogP contribution in [0.25, 0.3) is 0 Å². The molecule has 0 amide bonds. The number of hydrogen-bond donors (Lipinski definition) is 0. The van der Waals surface area contributed by atoms with Gasteiger partial charge in [-0.1, -0.05) is 13.3 Å². The average Bonchev–Trinajstić information content (AvgIpc) is 3.22. The maximum Gasteiger partial charge on any atom is 0.190 e. The minimum atomic E-state index is -0.695. The summed E-state index contributed by atoms with van der Waals surface area (Å²) in [5.74, 6) is -1.37. The highest BCUT2D eigenvalue weighted by Gasteiger charge is 2.60. The van der Waals surface area contributed by atoms with Gasteiger partial charge in [0.1, 0.15) is 37.5 Å². The molecule has 4 aliphatic heterocycles. The van der Waals surface area contributed by atoms with E-state index in [1.165, 1.54) is 30.3 Å². The highest BCUT2D eigenvalue weighted by atomic mass is 16.9. The Hall–Kier alpha value is -0.320. The van der Waals surface area contributed by atoms with Crippen LogP contribution in [0.1, 0.15) is 60.3 Å². The molecular formula is C24H44NO7+. The standard InChI is InChI=1S/C24H44NO7/c1-6-7-8-10-25(12-15-26-16-13-25)11-9-14-27-17-18-19-20(30-23(2,3)29-19)21-22(28-18)32-24(4,5)31-21/h18-22H,6-17H2,1-5H3/q+1. The molecule has 0 aromatic carbocycles. The van der Waals surface area contributed by atoms with Gasteiger partial charge in [-0.05, 0) is 40.5 Å². The Bertz CT molecular complexity index is 607. The third-order valence-corrected chi connectivity index (χ3v) is 7.11. The molecule has 4 aliphatic rings. The molecule has 0 N–H and O–H groups in total. The number of nitrogens with zero attached hydrogens (tertiary/aromatic N) is 1. The molecule has 5 atom stereocenters. The van der Waals surface area contributed by atoms with Crippen molar-refractivity contribution in [2.45, 2.75) is 103 Å². The quantitative estimate of drug-likeness (QED) is 0.368. The molecule has 0 aromatic rings. The predicted molar refractivity (Wildman–Crippen MR) is 118 cm³/mol. The monoisotopic (exact) mass is 458 g/mol. The van der Waals surface area contributed by atoms with Crippen LogP contribution in [0.15, 0.2) is 0 Å². The van der Waals surface area contributed by atoms with E-state index >= 15 is 0 Å². The number of rotatable bonds is 10. The largest absolute Gasteiger partial charge is 0.378 e. The number of quaternary nitrogens is 1. The lowest BCUT2D eigenvalue weighted by Crippen LogP contribution is -2.56. The van der Waals surface area contributed by atoms with Gasteiger partial charge in [0.15, 0.2) is 17.9 Å². The molecule has 8 heteroatoms. The molecule has 4 saturated heterocycles. The van der Waals surface area contributed by atoms with Gasteiger partial charge in [-0.3, -0.25) is 0 Å². The van der Waals surface area contributed by atoms with E-state index in [1.807, 2.05) is 27.7 Å². The van der Waals surface area contributed by atoms with Crippen molar-refractivity contribution < 1.29 is 37.6 Å². The molecule has 5 unspecified atom stereocenters. The van der Waals surface area contributed by atoms with Gasteiger partial charge in [0.2, 0.25) is 0 Å². The second kappa shape index (κ2) is 10.1. The second-order valence-corrected chi connectivity index (χ2v) is 10.7. The van der Waals surface area contributed by atoms with Gasteiger partial charge in [-0.15, -0.1) is 0 Å². The van der Waals surface area contributed by atoms with E-state index in [-0.39, 0.29) is 24.4 Å². The highest BCUT2D eigenvalue weighted by Crippen LogP contribution is 2.44. The summed E-state index contributed by atoms with van der Waals surface area (Å²) < 4.78 is 43.6. The number of ether oxygens (including phenoxy) is 7. The summed E-state index contributed by atoms with van der Waals surface area (Å²) >= 11 is 0. The first-order valence-corrected chi connectivity index (χ1v) is 12.6. The smallest absolute Gasteiger partial charge is 0.190 e. The molecule has 0 aliphatic carbocycles. The molecule has 0 spiro atoms. The van der Waals surface area contributed by atoms with Crippen LogP contribution < -0.4 is 0 Å². The van der Waals surface area contributed by atoms with Crippen LogP contribution in [0.2, 0.25) is 0 Å². The summed E-state index contributed by atoms with van der Waals surface area (Å²) in [5.41, 5.74) is 0. The molecule has 0 radical (unpaired) electrons. The third kappa shape index (κ3) is 5.84. The molecule has 4 fully saturated rings. The van der Waals surface area contributed by atoms with Crippen LogP contribution in [-0.4, -0.2) is 99.4 Å². The van der Waals surface area contributed by atoms with Gasteiger partial charge >= 0.3 is 0 Å². The molecule has 4 rings (SSSR count). The topological polar surface area (TPSA) is 64.6 Å². The first kappa shape index (κ1) is 24.8.